The van der Waals surface area contributed by atoms with Crippen molar-refractivity contribution in [1.82, 2.24) is 4.90 Å². The number of hydrogen-bond acceptors (Lipinski definition) is 5. The molecule has 1 aromatic rings. The Morgan fingerprint density at radius 3 is 2.57 bits per heavy atom. The van der Waals surface area contributed by atoms with Crippen LogP contribution in [0.25, 0.3) is 0 Å². The normalized spacial score (nSPS) is 21.2. The van der Waals surface area contributed by atoms with Crippen LogP contribution in [0.1, 0.15) is 16.8 Å². The summed E-state index contributed by atoms with van der Waals surface area (Å²) in [6.07, 6.45) is -0.820. The SMILES string of the molecule is COc1ccc(OC)c(C(=O)N2C[C@H](O)C[C@H]2C(=O)O)c1. The molecule has 1 saturated heterocycles. The van der Waals surface area contributed by atoms with Gasteiger partial charge >= 0.3 is 5.97 Å². The molecule has 1 aliphatic heterocycles. The van der Waals surface area contributed by atoms with Crippen molar-refractivity contribution in [2.75, 3.05) is 20.8 Å². The standard InChI is InChI=1S/C14H17NO6/c1-20-9-3-4-12(21-2)10(6-9)13(17)15-7-8(16)5-11(15)14(18)19/h3-4,6,8,11,16H,5,7H2,1-2H3,(H,18,19)/t8-,11+/m1/s1. The highest BCUT2D eigenvalue weighted by Crippen LogP contribution is 2.28. The fraction of sp³-hybridized carbons (Fsp3) is 0.429. The minimum absolute atomic E-state index is 0.0177. The van der Waals surface area contributed by atoms with Gasteiger partial charge in [0.05, 0.1) is 25.9 Å². The maximum absolute atomic E-state index is 12.6. The molecule has 21 heavy (non-hydrogen) atoms. The van der Waals surface area contributed by atoms with Gasteiger partial charge in [0, 0.05) is 13.0 Å². The van der Waals surface area contributed by atoms with Crippen molar-refractivity contribution in [3.63, 3.8) is 0 Å². The molecule has 114 valence electrons. The number of amides is 1. The highest BCUT2D eigenvalue weighted by molar-refractivity contribution is 5.99. The molecule has 1 aromatic carbocycles. The number of aliphatic hydroxyl groups excluding tert-OH is 1. The summed E-state index contributed by atoms with van der Waals surface area (Å²) in [6.45, 7) is -0.0177. The zero-order chi connectivity index (χ0) is 15.6. The molecule has 0 bridgehead atoms. The largest absolute Gasteiger partial charge is 0.497 e. The fourth-order valence-electron chi connectivity index (χ4n) is 2.41. The quantitative estimate of drug-likeness (QED) is 0.833. The van der Waals surface area contributed by atoms with Crippen LogP contribution in [0.3, 0.4) is 0 Å². The summed E-state index contributed by atoms with van der Waals surface area (Å²) in [5.74, 6) is -0.853. The van der Waals surface area contributed by atoms with Crippen LogP contribution in [-0.4, -0.2) is 59.9 Å². The number of carbonyl (C=O) groups excluding carboxylic acids is 1. The predicted octanol–water partition coefficient (Wildman–Crippen LogP) is 0.364. The van der Waals surface area contributed by atoms with Crippen molar-refractivity contribution in [2.24, 2.45) is 0 Å². The van der Waals surface area contributed by atoms with Crippen LogP contribution < -0.4 is 9.47 Å². The van der Waals surface area contributed by atoms with Crippen molar-refractivity contribution < 1.29 is 29.3 Å². The molecule has 0 aliphatic carbocycles. The first-order chi connectivity index (χ1) is 9.97. The van der Waals surface area contributed by atoms with Crippen molar-refractivity contribution in [3.05, 3.63) is 23.8 Å². The van der Waals surface area contributed by atoms with E-state index in [1.54, 1.807) is 12.1 Å². The number of rotatable bonds is 4. The van der Waals surface area contributed by atoms with Gasteiger partial charge in [-0.15, -0.1) is 0 Å². The molecule has 1 heterocycles. The summed E-state index contributed by atoms with van der Waals surface area (Å²) >= 11 is 0. The van der Waals surface area contributed by atoms with Crippen molar-refractivity contribution in [3.8, 4) is 11.5 Å². The second-order valence-corrected chi connectivity index (χ2v) is 4.77. The number of aliphatic hydroxyl groups is 1. The van der Waals surface area contributed by atoms with E-state index in [0.717, 1.165) is 4.90 Å². The van der Waals surface area contributed by atoms with Crippen LogP contribution in [0.4, 0.5) is 0 Å². The zero-order valence-electron chi connectivity index (χ0n) is 11.8. The lowest BCUT2D eigenvalue weighted by atomic mass is 10.1. The lowest BCUT2D eigenvalue weighted by molar-refractivity contribution is -0.141. The van der Waals surface area contributed by atoms with Gasteiger partial charge in [0.25, 0.3) is 5.91 Å². The van der Waals surface area contributed by atoms with Gasteiger partial charge in [-0.1, -0.05) is 0 Å². The van der Waals surface area contributed by atoms with Crippen LogP contribution in [0.2, 0.25) is 0 Å². The van der Waals surface area contributed by atoms with Crippen LogP contribution in [0.5, 0.6) is 11.5 Å². The summed E-state index contributed by atoms with van der Waals surface area (Å²) in [7, 11) is 2.89. The number of hydrogen-bond donors (Lipinski definition) is 2. The van der Waals surface area contributed by atoms with E-state index >= 15 is 0 Å². The summed E-state index contributed by atoms with van der Waals surface area (Å²) in [5.41, 5.74) is 0.206. The fourth-order valence-corrected chi connectivity index (χ4v) is 2.41. The average Bonchev–Trinajstić information content (AvgIpc) is 2.88. The van der Waals surface area contributed by atoms with Crippen LogP contribution in [0, 0.1) is 0 Å². The number of likely N-dealkylation sites (tertiary alicyclic amines) is 1. The third-order valence-corrected chi connectivity index (χ3v) is 3.46. The monoisotopic (exact) mass is 295 g/mol. The molecule has 2 atom stereocenters. The van der Waals surface area contributed by atoms with E-state index < -0.39 is 24.0 Å². The molecule has 1 amide bonds. The Morgan fingerprint density at radius 1 is 1.29 bits per heavy atom. The van der Waals surface area contributed by atoms with Crippen molar-refractivity contribution in [2.45, 2.75) is 18.6 Å². The van der Waals surface area contributed by atoms with Gasteiger partial charge in [-0.3, -0.25) is 4.79 Å². The Hall–Kier alpha value is -2.28. The first-order valence-electron chi connectivity index (χ1n) is 6.41. The van der Waals surface area contributed by atoms with E-state index in [1.807, 2.05) is 0 Å². The number of carboxylic acid groups (broad SMARTS) is 1. The van der Waals surface area contributed by atoms with Gasteiger partial charge in [0.15, 0.2) is 0 Å². The third-order valence-electron chi connectivity index (χ3n) is 3.46. The maximum Gasteiger partial charge on any atom is 0.326 e. The Balaban J connectivity index is 2.36. The second-order valence-electron chi connectivity index (χ2n) is 4.77. The zero-order valence-corrected chi connectivity index (χ0v) is 11.8. The van der Waals surface area contributed by atoms with Gasteiger partial charge in [-0.05, 0) is 18.2 Å². The number of methoxy groups -OCH3 is 2. The molecule has 0 unspecified atom stereocenters. The first kappa shape index (κ1) is 15.1. The smallest absolute Gasteiger partial charge is 0.326 e. The lowest BCUT2D eigenvalue weighted by Gasteiger charge is -2.22. The molecule has 0 aromatic heterocycles. The van der Waals surface area contributed by atoms with E-state index in [-0.39, 0.29) is 18.5 Å². The lowest BCUT2D eigenvalue weighted by Crippen LogP contribution is -2.40. The highest BCUT2D eigenvalue weighted by Gasteiger charge is 2.40. The molecule has 1 aliphatic rings. The Kier molecular flexibility index (Phi) is 4.32. The van der Waals surface area contributed by atoms with E-state index in [2.05, 4.69) is 0 Å². The molecule has 0 spiro atoms. The minimum atomic E-state index is -1.14. The maximum atomic E-state index is 12.6. The van der Waals surface area contributed by atoms with Crippen molar-refractivity contribution in [1.29, 1.82) is 0 Å². The number of aliphatic carboxylic acids is 1. The highest BCUT2D eigenvalue weighted by atomic mass is 16.5. The summed E-state index contributed by atoms with van der Waals surface area (Å²) < 4.78 is 10.2. The summed E-state index contributed by atoms with van der Waals surface area (Å²) in [4.78, 5) is 24.9. The number of ether oxygens (including phenoxy) is 2. The molecule has 2 rings (SSSR count). The van der Waals surface area contributed by atoms with Gasteiger partial charge in [-0.2, -0.15) is 0 Å². The predicted molar refractivity (Wildman–Crippen MR) is 72.6 cm³/mol. The van der Waals surface area contributed by atoms with Gasteiger partial charge in [0.1, 0.15) is 17.5 Å². The van der Waals surface area contributed by atoms with E-state index in [9.17, 15) is 14.7 Å². The average molecular weight is 295 g/mol. The number of carbonyl (C=O) groups is 2. The van der Waals surface area contributed by atoms with Crippen LogP contribution in [0.15, 0.2) is 18.2 Å². The van der Waals surface area contributed by atoms with Crippen LogP contribution in [-0.2, 0) is 4.79 Å². The van der Waals surface area contributed by atoms with E-state index in [1.165, 1.54) is 20.3 Å². The first-order valence-corrected chi connectivity index (χ1v) is 6.41. The Bertz CT molecular complexity index is 558. The number of carboxylic acids is 1. The molecule has 7 nitrogen and oxygen atoms in total. The van der Waals surface area contributed by atoms with Gasteiger partial charge < -0.3 is 24.6 Å². The van der Waals surface area contributed by atoms with E-state index in [4.69, 9.17) is 14.6 Å². The third kappa shape index (κ3) is 2.92. The second kappa shape index (κ2) is 6.01. The minimum Gasteiger partial charge on any atom is -0.497 e. The summed E-state index contributed by atoms with van der Waals surface area (Å²) in [6, 6.07) is 3.67. The molecule has 0 saturated carbocycles. The Morgan fingerprint density at radius 2 is 2.00 bits per heavy atom. The number of β-amino-alcohol motifs (C(OH)–C–C–N with tert-alkyl or cyclic N) is 1. The van der Waals surface area contributed by atoms with Crippen LogP contribution >= 0.6 is 0 Å². The number of nitrogens with zero attached hydrogens (tertiary/aromatic N) is 1. The molecule has 0 radical (unpaired) electrons. The van der Waals surface area contributed by atoms with Crippen molar-refractivity contribution >= 4 is 11.9 Å². The topological polar surface area (TPSA) is 96.3 Å². The number of benzene rings is 1. The van der Waals surface area contributed by atoms with Gasteiger partial charge in [-0.25, -0.2) is 4.79 Å². The van der Waals surface area contributed by atoms with E-state index in [0.29, 0.717) is 11.5 Å². The summed E-state index contributed by atoms with van der Waals surface area (Å²) in [5, 5.41) is 18.8. The molecule has 2 N–H and O–H groups in total. The molecule has 7 heteroatoms. The molecular formula is C14H17NO6. The van der Waals surface area contributed by atoms with Gasteiger partial charge in [0.2, 0.25) is 0 Å². The molecular weight excluding hydrogens is 278 g/mol. The molecule has 1 fully saturated rings. The Labute approximate surface area is 121 Å².